The van der Waals surface area contributed by atoms with Crippen LogP contribution in [0.3, 0.4) is 0 Å². The minimum absolute atomic E-state index is 0.703. The topological polar surface area (TPSA) is 21.6 Å². The van der Waals surface area contributed by atoms with Crippen LogP contribution in [0.1, 0.15) is 13.3 Å². The highest BCUT2D eigenvalue weighted by atomic mass is 16.5. The van der Waals surface area contributed by atoms with Gasteiger partial charge < -0.3 is 4.74 Å². The number of aliphatic imine (C=N–C) groups is 1. The molecule has 0 saturated heterocycles. The third kappa shape index (κ3) is 5.14. The largest absolute Gasteiger partial charge is 0.497 e. The molecule has 0 unspecified atom stereocenters. The lowest BCUT2D eigenvalue weighted by Gasteiger charge is -1.99. The van der Waals surface area contributed by atoms with Gasteiger partial charge in [0.2, 0.25) is 0 Å². The second-order valence-corrected chi connectivity index (χ2v) is 2.50. The summed E-state index contributed by atoms with van der Waals surface area (Å²) in [6.07, 6.45) is 9.74. The van der Waals surface area contributed by atoms with E-state index in [2.05, 4.69) is 18.2 Å². The molecule has 0 saturated carbocycles. The van der Waals surface area contributed by atoms with E-state index >= 15 is 0 Å². The highest BCUT2D eigenvalue weighted by Gasteiger charge is 1.90. The van der Waals surface area contributed by atoms with Gasteiger partial charge >= 0.3 is 0 Å². The molecule has 0 heterocycles. The molecular weight excluding hydrogens is 174 g/mol. The fourth-order valence-electron chi connectivity index (χ4n) is 0.775. The summed E-state index contributed by atoms with van der Waals surface area (Å²) in [6, 6.07) is 0. The van der Waals surface area contributed by atoms with Gasteiger partial charge in [-0.05, 0) is 13.0 Å². The normalized spacial score (nSPS) is 13.0. The minimum atomic E-state index is 0.703. The third-order valence-corrected chi connectivity index (χ3v) is 1.54. The van der Waals surface area contributed by atoms with Crippen molar-refractivity contribution in [1.82, 2.24) is 0 Å². The van der Waals surface area contributed by atoms with Gasteiger partial charge in [-0.25, -0.2) is 0 Å². The first-order valence-electron chi connectivity index (χ1n) is 4.46. The summed E-state index contributed by atoms with van der Waals surface area (Å²) in [5, 5.41) is 0. The Bertz CT molecular complexity index is 272. The first-order valence-corrected chi connectivity index (χ1v) is 4.46. The van der Waals surface area contributed by atoms with Crippen molar-refractivity contribution in [2.75, 3.05) is 7.11 Å². The number of methoxy groups -OCH3 is 1. The Labute approximate surface area is 86.0 Å². The van der Waals surface area contributed by atoms with Crippen LogP contribution in [0.25, 0.3) is 0 Å². The van der Waals surface area contributed by atoms with Gasteiger partial charge in [0.05, 0.1) is 12.8 Å². The SMILES string of the molecule is C=CCC=NC(=C\C)/C=C(\C=C)OC. The number of nitrogens with zero attached hydrogens (tertiary/aromatic N) is 1. The molecule has 0 bridgehead atoms. The Morgan fingerprint density at radius 2 is 2.14 bits per heavy atom. The second kappa shape index (κ2) is 8.05. The molecule has 0 radical (unpaired) electrons. The molecule has 2 nitrogen and oxygen atoms in total. The van der Waals surface area contributed by atoms with Gasteiger partial charge in [-0.1, -0.05) is 18.7 Å². The van der Waals surface area contributed by atoms with Crippen molar-refractivity contribution >= 4 is 6.21 Å². The zero-order chi connectivity index (χ0) is 10.8. The van der Waals surface area contributed by atoms with Crippen LogP contribution in [0.2, 0.25) is 0 Å². The number of hydrogen-bond acceptors (Lipinski definition) is 2. The maximum atomic E-state index is 5.05. The van der Waals surface area contributed by atoms with Crippen LogP contribution in [0.4, 0.5) is 0 Å². The number of hydrogen-bond donors (Lipinski definition) is 0. The van der Waals surface area contributed by atoms with Gasteiger partial charge in [-0.15, -0.1) is 6.58 Å². The highest BCUT2D eigenvalue weighted by molar-refractivity contribution is 5.61. The van der Waals surface area contributed by atoms with Gasteiger partial charge in [0.25, 0.3) is 0 Å². The summed E-state index contributed by atoms with van der Waals surface area (Å²) in [4.78, 5) is 4.23. The lowest BCUT2D eigenvalue weighted by atomic mass is 10.3. The fourth-order valence-corrected chi connectivity index (χ4v) is 0.775. The van der Waals surface area contributed by atoms with Crippen molar-refractivity contribution in [1.29, 1.82) is 0 Å². The lowest BCUT2D eigenvalue weighted by Crippen LogP contribution is -1.83. The van der Waals surface area contributed by atoms with E-state index in [1.165, 1.54) is 0 Å². The van der Waals surface area contributed by atoms with Gasteiger partial charge in [-0.3, -0.25) is 4.99 Å². The van der Waals surface area contributed by atoms with E-state index in [1.54, 1.807) is 25.5 Å². The first-order chi connectivity index (χ1) is 6.78. The zero-order valence-electron chi connectivity index (χ0n) is 8.86. The van der Waals surface area contributed by atoms with Crippen LogP contribution in [0, 0.1) is 0 Å². The molecular formula is C12H17NO. The minimum Gasteiger partial charge on any atom is -0.497 e. The Morgan fingerprint density at radius 1 is 1.43 bits per heavy atom. The van der Waals surface area contributed by atoms with E-state index in [9.17, 15) is 0 Å². The smallest absolute Gasteiger partial charge is 0.120 e. The van der Waals surface area contributed by atoms with Crippen molar-refractivity contribution in [2.45, 2.75) is 13.3 Å². The molecule has 0 aromatic carbocycles. The van der Waals surface area contributed by atoms with E-state index < -0.39 is 0 Å². The van der Waals surface area contributed by atoms with E-state index in [-0.39, 0.29) is 0 Å². The molecule has 0 aliphatic heterocycles. The van der Waals surface area contributed by atoms with Gasteiger partial charge in [0, 0.05) is 18.7 Å². The Morgan fingerprint density at radius 3 is 2.57 bits per heavy atom. The van der Waals surface area contributed by atoms with Crippen molar-refractivity contribution in [2.24, 2.45) is 4.99 Å². The van der Waals surface area contributed by atoms with Crippen molar-refractivity contribution < 1.29 is 4.74 Å². The third-order valence-electron chi connectivity index (χ3n) is 1.54. The molecule has 0 atom stereocenters. The molecule has 0 aromatic rings. The average Bonchev–Trinajstić information content (AvgIpc) is 2.23. The Kier molecular flexibility index (Phi) is 7.15. The van der Waals surface area contributed by atoms with E-state index in [0.29, 0.717) is 5.76 Å². The summed E-state index contributed by atoms with van der Waals surface area (Å²) in [7, 11) is 1.61. The monoisotopic (exact) mass is 191 g/mol. The van der Waals surface area contributed by atoms with Crippen LogP contribution >= 0.6 is 0 Å². The summed E-state index contributed by atoms with van der Waals surface area (Å²) < 4.78 is 5.05. The molecule has 0 spiro atoms. The summed E-state index contributed by atoms with van der Waals surface area (Å²) in [5.41, 5.74) is 0.851. The highest BCUT2D eigenvalue weighted by Crippen LogP contribution is 2.05. The molecule has 0 rings (SSSR count). The number of ether oxygens (including phenoxy) is 1. The molecule has 76 valence electrons. The molecule has 0 aromatic heterocycles. The van der Waals surface area contributed by atoms with Crippen LogP contribution in [-0.4, -0.2) is 13.3 Å². The van der Waals surface area contributed by atoms with Gasteiger partial charge in [0.15, 0.2) is 0 Å². The average molecular weight is 191 g/mol. The quantitative estimate of drug-likeness (QED) is 0.273. The maximum absolute atomic E-state index is 5.05. The van der Waals surface area contributed by atoms with Gasteiger partial charge in [-0.2, -0.15) is 0 Å². The van der Waals surface area contributed by atoms with Crippen molar-refractivity contribution in [3.63, 3.8) is 0 Å². The predicted molar refractivity (Wildman–Crippen MR) is 62.4 cm³/mol. The molecule has 2 heteroatoms. The second-order valence-electron chi connectivity index (χ2n) is 2.50. The molecule has 0 amide bonds. The standard InChI is InChI=1S/C12H17NO/c1-5-8-9-13-11(6-2)10-12(7-3)14-4/h5-7,9-10H,1,3,8H2,2,4H3/b11-6-,12-10+,13-9?. The Hall–Kier alpha value is -1.57. The summed E-state index contributed by atoms with van der Waals surface area (Å²) in [5.74, 6) is 0.703. The molecule has 0 fully saturated rings. The molecule has 14 heavy (non-hydrogen) atoms. The van der Waals surface area contributed by atoms with Gasteiger partial charge in [0.1, 0.15) is 5.76 Å². The van der Waals surface area contributed by atoms with Crippen molar-refractivity contribution in [3.8, 4) is 0 Å². The van der Waals surface area contributed by atoms with Crippen LogP contribution < -0.4 is 0 Å². The van der Waals surface area contributed by atoms with Crippen LogP contribution in [0.15, 0.2) is 53.9 Å². The van der Waals surface area contributed by atoms with E-state index in [1.807, 2.05) is 19.1 Å². The summed E-state index contributed by atoms with van der Waals surface area (Å²) >= 11 is 0. The molecule has 0 aliphatic carbocycles. The zero-order valence-corrected chi connectivity index (χ0v) is 8.86. The number of allylic oxidation sites excluding steroid dienone is 4. The van der Waals surface area contributed by atoms with E-state index in [4.69, 9.17) is 4.74 Å². The Balaban J connectivity index is 4.50. The first kappa shape index (κ1) is 12.4. The van der Waals surface area contributed by atoms with Crippen molar-refractivity contribution in [3.05, 3.63) is 48.9 Å². The van der Waals surface area contributed by atoms with E-state index in [0.717, 1.165) is 12.1 Å². The predicted octanol–water partition coefficient (Wildman–Crippen LogP) is 3.25. The number of rotatable bonds is 6. The fraction of sp³-hybridized carbons (Fsp3) is 0.250. The maximum Gasteiger partial charge on any atom is 0.120 e. The molecule has 0 aliphatic rings. The summed E-state index contributed by atoms with van der Waals surface area (Å²) in [6.45, 7) is 9.16. The van der Waals surface area contributed by atoms with Crippen LogP contribution in [0.5, 0.6) is 0 Å². The molecule has 0 N–H and O–H groups in total. The lowest BCUT2D eigenvalue weighted by molar-refractivity contribution is 0.307. The van der Waals surface area contributed by atoms with Crippen LogP contribution in [-0.2, 0) is 4.74 Å².